The van der Waals surface area contributed by atoms with Crippen molar-refractivity contribution >= 4 is 23.4 Å². The summed E-state index contributed by atoms with van der Waals surface area (Å²) in [6.45, 7) is 0.177. The van der Waals surface area contributed by atoms with E-state index in [1.165, 1.54) is 12.3 Å². The van der Waals surface area contributed by atoms with Crippen LogP contribution in [-0.4, -0.2) is 131 Å². The van der Waals surface area contributed by atoms with E-state index in [1.54, 1.807) is 0 Å². The third-order valence-electron chi connectivity index (χ3n) is 9.70. The number of ether oxygens (including phenoxy) is 6. The van der Waals surface area contributed by atoms with Gasteiger partial charge in [-0.1, -0.05) is 10.2 Å². The third-order valence-corrected chi connectivity index (χ3v) is 9.70. The molecule has 0 saturated carbocycles. The number of alkyl halides is 2. The second-order valence-electron chi connectivity index (χ2n) is 13.2. The summed E-state index contributed by atoms with van der Waals surface area (Å²) < 4.78 is 63.8. The van der Waals surface area contributed by atoms with Crippen molar-refractivity contribution in [1.29, 1.82) is 0 Å². The van der Waals surface area contributed by atoms with E-state index in [0.29, 0.717) is 19.6 Å². The van der Waals surface area contributed by atoms with Crippen LogP contribution in [0.15, 0.2) is 34.8 Å². The zero-order chi connectivity index (χ0) is 38.9. The van der Waals surface area contributed by atoms with Gasteiger partial charge in [-0.2, -0.15) is 0 Å². The molecular weight excluding hydrogens is 726 g/mol. The molecule has 2 N–H and O–H groups in total. The maximum atomic E-state index is 15.9. The number of hydrogen-bond acceptors (Lipinski definition) is 14. The Bertz CT molecular complexity index is 1550. The molecule has 6 rings (SSSR count). The van der Waals surface area contributed by atoms with Crippen molar-refractivity contribution in [3.8, 4) is 0 Å². The number of hydrogen-bond donors (Lipinski definition) is 2. The van der Waals surface area contributed by atoms with Crippen LogP contribution in [0.4, 0.5) is 8.78 Å². The highest BCUT2D eigenvalue weighted by Gasteiger charge is 2.59. The van der Waals surface area contributed by atoms with E-state index in [-0.39, 0.29) is 38.1 Å². The molecule has 20 nitrogen and oxygen atoms in total. The van der Waals surface area contributed by atoms with Gasteiger partial charge in [-0.15, -0.1) is 0 Å². The molecule has 4 saturated heterocycles. The predicted octanol–water partition coefficient (Wildman–Crippen LogP) is 2.45. The number of aliphatic hydroxyl groups excluding tert-OH is 2. The van der Waals surface area contributed by atoms with Crippen molar-refractivity contribution in [1.82, 2.24) is 9.80 Å². The van der Waals surface area contributed by atoms with Crippen molar-refractivity contribution in [2.75, 3.05) is 33.0 Å². The zero-order valence-corrected chi connectivity index (χ0v) is 29.1. The van der Waals surface area contributed by atoms with E-state index in [1.807, 2.05) is 0 Å². The Morgan fingerprint density at radius 1 is 0.815 bits per heavy atom. The first kappa shape index (κ1) is 41.1. The molecule has 54 heavy (non-hydrogen) atoms. The van der Waals surface area contributed by atoms with E-state index in [4.69, 9.17) is 39.1 Å². The predicted molar refractivity (Wildman–Crippen MR) is 175 cm³/mol. The highest BCUT2D eigenvalue weighted by molar-refractivity contribution is 6.07. The second kappa shape index (κ2) is 18.5. The third kappa shape index (κ3) is 9.23. The number of carbonyl (C=O) groups excluding carboxylic acids is 4. The molecule has 22 heteroatoms. The fraction of sp³-hybridized carbons (Fsp3) is 0.750. The van der Waals surface area contributed by atoms with E-state index >= 15 is 4.39 Å². The van der Waals surface area contributed by atoms with Gasteiger partial charge in [0.1, 0.15) is 6.10 Å². The fourth-order valence-corrected chi connectivity index (χ4v) is 6.77. The minimum atomic E-state index is -2.20. The van der Waals surface area contributed by atoms with E-state index < -0.39 is 85.2 Å². The number of rotatable bonds is 12. The Hall–Kier alpha value is -4.08. The first-order valence-electron chi connectivity index (χ1n) is 17.5. The smallest absolute Gasteiger partial charge is 0.236 e. The van der Waals surface area contributed by atoms with Gasteiger partial charge in [0, 0.05) is 41.9 Å². The number of nitrogens with zero attached hydrogens (tertiary/aromatic N) is 8. The lowest BCUT2D eigenvalue weighted by atomic mass is 9.91. The number of ketones is 2. The number of amides is 2. The summed E-state index contributed by atoms with van der Waals surface area (Å²) in [6.07, 6.45) is -0.605. The number of aliphatic hydroxyl groups is 2. The van der Waals surface area contributed by atoms with Crippen LogP contribution in [0.3, 0.4) is 0 Å². The molecule has 6 aliphatic rings. The van der Waals surface area contributed by atoms with Crippen molar-refractivity contribution in [3.05, 3.63) is 45.4 Å². The number of allylic oxidation sites excluding steroid dienone is 2. The average Bonchev–Trinajstić information content (AvgIpc) is 3.57. The normalized spacial score (nSPS) is 36.7. The van der Waals surface area contributed by atoms with Crippen molar-refractivity contribution in [2.24, 2.45) is 16.1 Å². The molecule has 10 atom stereocenters. The molecular formula is C32H42F2N8O12. The van der Waals surface area contributed by atoms with E-state index in [2.05, 4.69) is 20.1 Å². The largest absolute Gasteiger partial charge is 0.393 e. The van der Waals surface area contributed by atoms with Crippen LogP contribution in [0.1, 0.15) is 57.8 Å². The Kier molecular flexibility index (Phi) is 14.1. The van der Waals surface area contributed by atoms with Crippen molar-refractivity contribution in [2.45, 2.75) is 113 Å². The SMILES string of the molecule is [N-]=[N+]=N[C@]1(CCOC2CCCCO2)O[C@@H](N2C=CC(=O)CC2=O)[C@H](F)[C@@H]1COC1CCCCO1.[N-]=[N+]=N[C@]1(CO)O[C@@H](N2C=CC(=O)CC2=O)[C@H](F)[C@@H]1O. The summed E-state index contributed by atoms with van der Waals surface area (Å²) >= 11 is 0. The molecule has 6 heterocycles. The van der Waals surface area contributed by atoms with Gasteiger partial charge in [0.25, 0.3) is 0 Å². The fourth-order valence-electron chi connectivity index (χ4n) is 6.77. The van der Waals surface area contributed by atoms with Crippen molar-refractivity contribution < 1.29 is 66.6 Å². The summed E-state index contributed by atoms with van der Waals surface area (Å²) in [5.41, 5.74) is 13.9. The van der Waals surface area contributed by atoms with Crippen molar-refractivity contribution in [3.63, 3.8) is 0 Å². The minimum Gasteiger partial charge on any atom is -0.393 e. The summed E-state index contributed by atoms with van der Waals surface area (Å²) in [5, 5.41) is 25.8. The molecule has 2 unspecified atom stereocenters. The van der Waals surface area contributed by atoms with Gasteiger partial charge >= 0.3 is 0 Å². The molecule has 6 aliphatic heterocycles. The summed E-state index contributed by atoms with van der Waals surface area (Å²) in [4.78, 5) is 53.9. The van der Waals surface area contributed by atoms with Crippen LogP contribution in [0.25, 0.3) is 20.9 Å². The highest BCUT2D eigenvalue weighted by Crippen LogP contribution is 2.45. The van der Waals surface area contributed by atoms with Crippen LogP contribution >= 0.6 is 0 Å². The van der Waals surface area contributed by atoms with Gasteiger partial charge in [-0.25, -0.2) is 8.78 Å². The molecule has 0 aromatic carbocycles. The Morgan fingerprint density at radius 3 is 1.83 bits per heavy atom. The Morgan fingerprint density at radius 2 is 1.33 bits per heavy atom. The quantitative estimate of drug-likeness (QED) is 0.125. The molecule has 0 bridgehead atoms. The van der Waals surface area contributed by atoms with Crippen LogP contribution in [0.5, 0.6) is 0 Å². The summed E-state index contributed by atoms with van der Waals surface area (Å²) in [7, 11) is 0. The molecule has 0 aromatic heterocycles. The molecule has 0 aliphatic carbocycles. The maximum Gasteiger partial charge on any atom is 0.236 e. The highest BCUT2D eigenvalue weighted by atomic mass is 19.1. The first-order chi connectivity index (χ1) is 26.0. The van der Waals surface area contributed by atoms with Gasteiger partial charge in [0.2, 0.25) is 17.5 Å². The molecule has 2 amide bonds. The summed E-state index contributed by atoms with van der Waals surface area (Å²) in [6, 6.07) is 0. The zero-order valence-electron chi connectivity index (χ0n) is 29.1. The number of azide groups is 2. The second-order valence-corrected chi connectivity index (χ2v) is 13.2. The first-order valence-corrected chi connectivity index (χ1v) is 17.5. The van der Waals surface area contributed by atoms with Gasteiger partial charge in [0.15, 0.2) is 54.7 Å². The molecule has 4 fully saturated rings. The monoisotopic (exact) mass is 768 g/mol. The van der Waals surface area contributed by atoms with Crippen LogP contribution in [0.2, 0.25) is 0 Å². The Labute approximate surface area is 307 Å². The molecule has 296 valence electrons. The maximum absolute atomic E-state index is 15.9. The standard InChI is InChI=1S/C22H31FN4O7.C10H11FN4O5/c23-20-16(14-33-19-6-2-4-11-31-19)22(25-26-24,8-12-32-18-5-1-3-10-30-18)34-21(20)27-9-7-15(28)13-17(27)29;11-7-8(19)10(4-16,13-14-12)20-9(7)15-2-1-5(17)3-6(15)18/h7,9,16,18-21H,1-6,8,10-14H2;1-2,7-9,16,19H,3-4H2/t16-,18?,19?,20+,21+,22+;7-,8+,9-,10-/m01/s1. The van der Waals surface area contributed by atoms with E-state index in [9.17, 15) is 34.2 Å². The Balaban J connectivity index is 0.000000239. The molecule has 0 aromatic rings. The van der Waals surface area contributed by atoms with Crippen LogP contribution in [-0.2, 0) is 47.6 Å². The number of halogens is 2. The molecule has 0 spiro atoms. The summed E-state index contributed by atoms with van der Waals surface area (Å²) in [5.74, 6) is -3.13. The minimum absolute atomic E-state index is 0.0397. The number of carbonyl (C=O) groups is 4. The van der Waals surface area contributed by atoms with Crippen LogP contribution in [0, 0.1) is 5.92 Å². The molecule has 0 radical (unpaired) electrons. The van der Waals surface area contributed by atoms with Gasteiger partial charge in [-0.05, 0) is 61.7 Å². The van der Waals surface area contributed by atoms with Gasteiger partial charge in [0.05, 0.1) is 38.6 Å². The van der Waals surface area contributed by atoms with Gasteiger partial charge in [-0.3, -0.25) is 29.0 Å². The average molecular weight is 769 g/mol. The lowest BCUT2D eigenvalue weighted by molar-refractivity contribution is -0.190. The van der Waals surface area contributed by atoms with E-state index in [0.717, 1.165) is 54.2 Å². The van der Waals surface area contributed by atoms with Crippen LogP contribution < -0.4 is 0 Å². The lowest BCUT2D eigenvalue weighted by Crippen LogP contribution is -2.44. The topological polar surface area (TPSA) is 268 Å². The van der Waals surface area contributed by atoms with Gasteiger partial charge < -0.3 is 38.6 Å². The lowest BCUT2D eigenvalue weighted by Gasteiger charge is -2.32.